The first-order valence-electron chi connectivity index (χ1n) is 5.31. The molecular weight excluding hydrogens is 207 g/mol. The van der Waals surface area contributed by atoms with Crippen molar-refractivity contribution in [1.82, 2.24) is 5.32 Å². The average Bonchev–Trinajstić information content (AvgIpc) is 2.58. The normalized spacial score (nSPS) is 19.5. The lowest BCUT2D eigenvalue weighted by molar-refractivity contribution is -0.120. The van der Waals surface area contributed by atoms with Crippen molar-refractivity contribution in [1.29, 1.82) is 0 Å². The summed E-state index contributed by atoms with van der Waals surface area (Å²) < 4.78 is 12.9. The predicted molar refractivity (Wildman–Crippen MR) is 59.8 cm³/mol. The zero-order chi connectivity index (χ0) is 11.5. The highest BCUT2D eigenvalue weighted by molar-refractivity contribution is 6.06. The van der Waals surface area contributed by atoms with E-state index < -0.39 is 0 Å². The highest BCUT2D eigenvalue weighted by Gasteiger charge is 2.24. The molecule has 0 saturated heterocycles. The van der Waals surface area contributed by atoms with Crippen molar-refractivity contribution in [2.24, 2.45) is 4.99 Å². The van der Waals surface area contributed by atoms with Crippen LogP contribution in [-0.2, 0) is 11.2 Å². The van der Waals surface area contributed by atoms with Crippen LogP contribution in [0.3, 0.4) is 0 Å². The Morgan fingerprint density at radius 2 is 2.31 bits per heavy atom. The minimum atomic E-state index is -0.274. The highest BCUT2D eigenvalue weighted by atomic mass is 19.1. The van der Waals surface area contributed by atoms with E-state index >= 15 is 0 Å². The fourth-order valence-corrected chi connectivity index (χ4v) is 1.71. The van der Waals surface area contributed by atoms with Gasteiger partial charge in [-0.3, -0.25) is 9.79 Å². The molecule has 1 aliphatic heterocycles. The molecule has 4 heteroatoms. The van der Waals surface area contributed by atoms with Crippen molar-refractivity contribution in [2.45, 2.75) is 25.8 Å². The summed E-state index contributed by atoms with van der Waals surface area (Å²) in [5.74, 6) is 0.297. The van der Waals surface area contributed by atoms with Crippen LogP contribution in [0.5, 0.6) is 0 Å². The van der Waals surface area contributed by atoms with E-state index in [0.717, 1.165) is 5.56 Å². The van der Waals surface area contributed by atoms with E-state index in [-0.39, 0.29) is 17.8 Å². The number of carbonyl (C=O) groups is 1. The Morgan fingerprint density at radius 1 is 1.50 bits per heavy atom. The number of amides is 1. The highest BCUT2D eigenvalue weighted by Crippen LogP contribution is 2.09. The van der Waals surface area contributed by atoms with Crippen LogP contribution in [0.4, 0.5) is 4.39 Å². The van der Waals surface area contributed by atoms with Crippen molar-refractivity contribution in [3.8, 4) is 0 Å². The molecule has 1 N–H and O–H groups in total. The summed E-state index contributed by atoms with van der Waals surface area (Å²) in [6, 6.07) is 6.04. The summed E-state index contributed by atoms with van der Waals surface area (Å²) in [6.45, 7) is 1.92. The maximum atomic E-state index is 12.9. The molecule has 0 aromatic heterocycles. The summed E-state index contributed by atoms with van der Waals surface area (Å²) in [4.78, 5) is 15.6. The van der Waals surface area contributed by atoms with Gasteiger partial charge in [-0.25, -0.2) is 4.39 Å². The first-order chi connectivity index (χ1) is 7.69. The largest absolute Gasteiger partial charge is 0.312 e. The Hall–Kier alpha value is -1.71. The number of hydrogen-bond acceptors (Lipinski definition) is 2. The lowest BCUT2D eigenvalue weighted by Crippen LogP contribution is -2.29. The first-order valence-corrected chi connectivity index (χ1v) is 5.31. The monoisotopic (exact) mass is 220 g/mol. The molecule has 1 atom stereocenters. The van der Waals surface area contributed by atoms with Crippen molar-refractivity contribution in [3.63, 3.8) is 0 Å². The van der Waals surface area contributed by atoms with Crippen molar-refractivity contribution >= 4 is 11.7 Å². The average molecular weight is 220 g/mol. The van der Waals surface area contributed by atoms with Gasteiger partial charge >= 0.3 is 0 Å². The molecule has 16 heavy (non-hydrogen) atoms. The molecule has 1 unspecified atom stereocenters. The molecule has 1 heterocycles. The van der Waals surface area contributed by atoms with E-state index in [0.29, 0.717) is 18.7 Å². The zero-order valence-corrected chi connectivity index (χ0v) is 9.03. The molecular formula is C12H13FN2O. The van der Waals surface area contributed by atoms with E-state index in [2.05, 4.69) is 10.3 Å². The minimum Gasteiger partial charge on any atom is -0.312 e. The molecule has 0 radical (unpaired) electrons. The fourth-order valence-electron chi connectivity index (χ4n) is 1.71. The van der Waals surface area contributed by atoms with E-state index in [1.165, 1.54) is 12.1 Å². The van der Waals surface area contributed by atoms with Crippen molar-refractivity contribution in [3.05, 3.63) is 35.6 Å². The molecule has 1 amide bonds. The lowest BCUT2D eigenvalue weighted by atomic mass is 10.1. The number of aliphatic imine (C=N–C) groups is 1. The number of nitrogens with one attached hydrogen (secondary N) is 1. The van der Waals surface area contributed by atoms with Crippen LogP contribution in [0.25, 0.3) is 0 Å². The van der Waals surface area contributed by atoms with E-state index in [1.54, 1.807) is 6.07 Å². The topological polar surface area (TPSA) is 41.5 Å². The van der Waals surface area contributed by atoms with Gasteiger partial charge in [0.05, 0.1) is 0 Å². The van der Waals surface area contributed by atoms with Crippen LogP contribution in [0.15, 0.2) is 29.3 Å². The van der Waals surface area contributed by atoms with Gasteiger partial charge in [0.15, 0.2) is 0 Å². The smallest absolute Gasteiger partial charge is 0.250 e. The number of hydrogen-bond donors (Lipinski definition) is 1. The predicted octanol–water partition coefficient (Wildman–Crippen LogP) is 1.68. The Kier molecular flexibility index (Phi) is 2.99. The third-order valence-corrected chi connectivity index (χ3v) is 2.53. The number of nitrogens with zero attached hydrogens (tertiary/aromatic N) is 1. The standard InChI is InChI=1S/C12H13FN2O/c1-2-10-12(16)15-11(14-10)7-8-4-3-5-9(13)6-8/h3-6,10H,2,7H2,1H3,(H,14,15,16). The zero-order valence-electron chi connectivity index (χ0n) is 9.03. The van der Waals surface area contributed by atoms with Gasteiger partial charge in [-0.15, -0.1) is 0 Å². The van der Waals surface area contributed by atoms with Gasteiger partial charge in [-0.1, -0.05) is 19.1 Å². The van der Waals surface area contributed by atoms with Crippen LogP contribution >= 0.6 is 0 Å². The van der Waals surface area contributed by atoms with Crippen molar-refractivity contribution in [2.75, 3.05) is 0 Å². The van der Waals surface area contributed by atoms with Crippen LogP contribution in [0.1, 0.15) is 18.9 Å². The summed E-state index contributed by atoms with van der Waals surface area (Å²) in [5.41, 5.74) is 0.816. The number of amidine groups is 1. The second-order valence-corrected chi connectivity index (χ2v) is 3.80. The molecule has 0 saturated carbocycles. The Balaban J connectivity index is 2.09. The van der Waals surface area contributed by atoms with Gasteiger partial charge in [-0.2, -0.15) is 0 Å². The number of halogens is 1. The summed E-state index contributed by atoms with van der Waals surface area (Å²) in [6.07, 6.45) is 1.17. The molecule has 0 fully saturated rings. The Labute approximate surface area is 93.4 Å². The third kappa shape index (κ3) is 2.27. The Morgan fingerprint density at radius 3 is 2.94 bits per heavy atom. The molecule has 0 bridgehead atoms. The van der Waals surface area contributed by atoms with Gasteiger partial charge in [0.2, 0.25) is 5.91 Å². The van der Waals surface area contributed by atoms with Gasteiger partial charge in [0.25, 0.3) is 0 Å². The van der Waals surface area contributed by atoms with Crippen LogP contribution in [0, 0.1) is 5.82 Å². The molecule has 1 aliphatic rings. The van der Waals surface area contributed by atoms with E-state index in [1.807, 2.05) is 13.0 Å². The molecule has 3 nitrogen and oxygen atoms in total. The second kappa shape index (κ2) is 4.43. The lowest BCUT2D eigenvalue weighted by Gasteiger charge is -2.01. The molecule has 1 aromatic carbocycles. The summed E-state index contributed by atoms with van der Waals surface area (Å²) in [5, 5.41) is 2.71. The second-order valence-electron chi connectivity index (χ2n) is 3.80. The quantitative estimate of drug-likeness (QED) is 0.827. The van der Waals surface area contributed by atoms with E-state index in [9.17, 15) is 9.18 Å². The fraction of sp³-hybridized carbons (Fsp3) is 0.333. The van der Waals surface area contributed by atoms with E-state index in [4.69, 9.17) is 0 Å². The number of carbonyl (C=O) groups excluding carboxylic acids is 1. The molecule has 0 spiro atoms. The van der Waals surface area contributed by atoms with Gasteiger partial charge in [0, 0.05) is 6.42 Å². The first kappa shape index (κ1) is 10.8. The number of benzene rings is 1. The van der Waals surface area contributed by atoms with Gasteiger partial charge in [0.1, 0.15) is 17.7 Å². The van der Waals surface area contributed by atoms with Crippen LogP contribution < -0.4 is 5.32 Å². The molecule has 1 aromatic rings. The van der Waals surface area contributed by atoms with Gasteiger partial charge < -0.3 is 5.32 Å². The summed E-state index contributed by atoms with van der Waals surface area (Å²) >= 11 is 0. The summed E-state index contributed by atoms with van der Waals surface area (Å²) in [7, 11) is 0. The van der Waals surface area contributed by atoms with Gasteiger partial charge in [-0.05, 0) is 24.1 Å². The van der Waals surface area contributed by atoms with Crippen LogP contribution in [-0.4, -0.2) is 17.8 Å². The molecule has 84 valence electrons. The maximum Gasteiger partial charge on any atom is 0.250 e. The SMILES string of the molecule is CCC1N=C(Cc2cccc(F)c2)NC1=O. The van der Waals surface area contributed by atoms with Crippen LogP contribution in [0.2, 0.25) is 0 Å². The number of rotatable bonds is 3. The third-order valence-electron chi connectivity index (χ3n) is 2.53. The minimum absolute atomic E-state index is 0.0612. The maximum absolute atomic E-state index is 12.9. The molecule has 2 rings (SSSR count). The Bertz CT molecular complexity index is 442. The molecule has 0 aliphatic carbocycles. The van der Waals surface area contributed by atoms with Crippen molar-refractivity contribution < 1.29 is 9.18 Å².